The van der Waals surface area contributed by atoms with Crippen LogP contribution in [0.4, 0.5) is 0 Å². The molecule has 0 bridgehead atoms. The molecule has 2 saturated heterocycles. The Hall–Kier alpha value is -1.42. The van der Waals surface area contributed by atoms with Gasteiger partial charge in [-0.1, -0.05) is 6.92 Å². The van der Waals surface area contributed by atoms with E-state index in [9.17, 15) is 4.79 Å². The molecule has 0 aromatic carbocycles. The van der Waals surface area contributed by atoms with E-state index in [-0.39, 0.29) is 5.91 Å². The summed E-state index contributed by atoms with van der Waals surface area (Å²) in [7, 11) is 0. The van der Waals surface area contributed by atoms with E-state index in [2.05, 4.69) is 21.7 Å². The number of rotatable bonds is 3. The zero-order chi connectivity index (χ0) is 13.9. The molecule has 1 aromatic rings. The van der Waals surface area contributed by atoms with Crippen LogP contribution < -0.4 is 0 Å². The number of pyridine rings is 1. The van der Waals surface area contributed by atoms with Crippen LogP contribution in [0.2, 0.25) is 0 Å². The molecule has 0 spiro atoms. The minimum Gasteiger partial charge on any atom is -0.334 e. The van der Waals surface area contributed by atoms with Crippen LogP contribution in [0.15, 0.2) is 24.5 Å². The van der Waals surface area contributed by atoms with E-state index in [1.165, 1.54) is 19.4 Å². The zero-order valence-corrected chi connectivity index (χ0v) is 12.2. The molecular weight excluding hydrogens is 250 g/mol. The standard InChI is InChI=1S/C16H23N3O/c1-2-18-10-4-7-14(18)15-8-5-11-19(15)16(20)13-6-3-9-17-12-13/h3,6,9,12,14-15H,2,4-5,7-8,10-11H2,1H3/t14-,15+/m0/s1. The van der Waals surface area contributed by atoms with Crippen LogP contribution in [0.25, 0.3) is 0 Å². The molecule has 1 amide bonds. The second kappa shape index (κ2) is 5.92. The first-order chi connectivity index (χ1) is 9.81. The molecule has 0 aliphatic carbocycles. The topological polar surface area (TPSA) is 36.4 Å². The SMILES string of the molecule is CCN1CCC[C@H]1[C@H]1CCCN1C(=O)c1cccnc1. The molecule has 3 rings (SSSR count). The van der Waals surface area contributed by atoms with E-state index >= 15 is 0 Å². The lowest BCUT2D eigenvalue weighted by molar-refractivity contribution is 0.0649. The van der Waals surface area contributed by atoms with Crippen LogP contribution in [-0.2, 0) is 0 Å². The van der Waals surface area contributed by atoms with Crippen molar-refractivity contribution in [1.82, 2.24) is 14.8 Å². The maximum absolute atomic E-state index is 12.7. The molecule has 108 valence electrons. The van der Waals surface area contributed by atoms with Crippen molar-refractivity contribution < 1.29 is 4.79 Å². The Morgan fingerprint density at radius 2 is 2.10 bits per heavy atom. The normalized spacial score (nSPS) is 27.1. The Morgan fingerprint density at radius 3 is 2.85 bits per heavy atom. The van der Waals surface area contributed by atoms with Gasteiger partial charge in [0, 0.05) is 31.0 Å². The number of carbonyl (C=O) groups excluding carboxylic acids is 1. The highest BCUT2D eigenvalue weighted by Gasteiger charge is 2.39. The molecule has 4 nitrogen and oxygen atoms in total. The maximum Gasteiger partial charge on any atom is 0.255 e. The molecule has 3 heterocycles. The Bertz CT molecular complexity index is 462. The lowest BCUT2D eigenvalue weighted by Crippen LogP contribution is -2.48. The molecule has 0 N–H and O–H groups in total. The maximum atomic E-state index is 12.7. The predicted octanol–water partition coefficient (Wildman–Crippen LogP) is 2.17. The summed E-state index contributed by atoms with van der Waals surface area (Å²) in [6.45, 7) is 5.40. The van der Waals surface area contributed by atoms with Gasteiger partial charge < -0.3 is 4.90 Å². The number of likely N-dealkylation sites (N-methyl/N-ethyl adjacent to an activating group) is 1. The van der Waals surface area contributed by atoms with E-state index in [1.807, 2.05) is 12.1 Å². The summed E-state index contributed by atoms with van der Waals surface area (Å²) in [5.74, 6) is 0.156. The van der Waals surface area contributed by atoms with E-state index < -0.39 is 0 Å². The van der Waals surface area contributed by atoms with Gasteiger partial charge in [0.25, 0.3) is 5.91 Å². The highest BCUT2D eigenvalue weighted by Crippen LogP contribution is 2.30. The highest BCUT2D eigenvalue weighted by molar-refractivity contribution is 5.94. The average Bonchev–Trinajstić information content (AvgIpc) is 3.15. The third-order valence-electron chi connectivity index (χ3n) is 4.73. The largest absolute Gasteiger partial charge is 0.334 e. The molecule has 20 heavy (non-hydrogen) atoms. The van der Waals surface area contributed by atoms with E-state index in [1.54, 1.807) is 12.4 Å². The average molecular weight is 273 g/mol. The molecule has 2 aliphatic heterocycles. The zero-order valence-electron chi connectivity index (χ0n) is 12.2. The van der Waals surface area contributed by atoms with E-state index in [0.29, 0.717) is 12.1 Å². The van der Waals surface area contributed by atoms with Crippen LogP contribution in [0, 0.1) is 0 Å². The summed E-state index contributed by atoms with van der Waals surface area (Å²) < 4.78 is 0. The number of carbonyl (C=O) groups is 1. The summed E-state index contributed by atoms with van der Waals surface area (Å²) in [5, 5.41) is 0. The molecule has 0 unspecified atom stereocenters. The highest BCUT2D eigenvalue weighted by atomic mass is 16.2. The molecule has 2 atom stereocenters. The Morgan fingerprint density at radius 1 is 1.30 bits per heavy atom. The van der Waals surface area contributed by atoms with Crippen molar-refractivity contribution in [2.75, 3.05) is 19.6 Å². The van der Waals surface area contributed by atoms with Gasteiger partial charge in [-0.2, -0.15) is 0 Å². The van der Waals surface area contributed by atoms with Gasteiger partial charge in [-0.3, -0.25) is 14.7 Å². The molecule has 4 heteroatoms. The number of hydrogen-bond donors (Lipinski definition) is 0. The summed E-state index contributed by atoms with van der Waals surface area (Å²) >= 11 is 0. The molecule has 0 saturated carbocycles. The van der Waals surface area contributed by atoms with Crippen molar-refractivity contribution in [3.63, 3.8) is 0 Å². The second-order valence-electron chi connectivity index (χ2n) is 5.79. The fraction of sp³-hybridized carbons (Fsp3) is 0.625. The lowest BCUT2D eigenvalue weighted by Gasteiger charge is -2.34. The number of aromatic nitrogens is 1. The minimum absolute atomic E-state index is 0.156. The Balaban J connectivity index is 1.77. The van der Waals surface area contributed by atoms with Gasteiger partial charge >= 0.3 is 0 Å². The lowest BCUT2D eigenvalue weighted by atomic mass is 10.0. The van der Waals surface area contributed by atoms with Crippen LogP contribution in [0.5, 0.6) is 0 Å². The molecule has 2 fully saturated rings. The van der Waals surface area contributed by atoms with Crippen LogP contribution in [0.3, 0.4) is 0 Å². The number of likely N-dealkylation sites (tertiary alicyclic amines) is 2. The van der Waals surface area contributed by atoms with Gasteiger partial charge in [0.05, 0.1) is 5.56 Å². The quantitative estimate of drug-likeness (QED) is 0.847. The first-order valence-corrected chi connectivity index (χ1v) is 7.76. The van der Waals surface area contributed by atoms with Crippen molar-refractivity contribution in [1.29, 1.82) is 0 Å². The van der Waals surface area contributed by atoms with Gasteiger partial charge in [-0.15, -0.1) is 0 Å². The third kappa shape index (κ3) is 2.44. The Labute approximate surface area is 120 Å². The summed E-state index contributed by atoms with van der Waals surface area (Å²) in [6, 6.07) is 4.66. The second-order valence-corrected chi connectivity index (χ2v) is 5.79. The van der Waals surface area contributed by atoms with Crippen LogP contribution >= 0.6 is 0 Å². The summed E-state index contributed by atoms with van der Waals surface area (Å²) in [6.07, 6.45) is 8.18. The smallest absolute Gasteiger partial charge is 0.255 e. The van der Waals surface area contributed by atoms with Gasteiger partial charge in [-0.05, 0) is 50.9 Å². The van der Waals surface area contributed by atoms with Gasteiger partial charge in [0.1, 0.15) is 0 Å². The predicted molar refractivity (Wildman–Crippen MR) is 78.6 cm³/mol. The molecular formula is C16H23N3O. The van der Waals surface area contributed by atoms with Crippen LogP contribution in [0.1, 0.15) is 43.0 Å². The minimum atomic E-state index is 0.156. The fourth-order valence-corrected chi connectivity index (χ4v) is 3.78. The van der Waals surface area contributed by atoms with Crippen LogP contribution in [-0.4, -0.2) is 52.4 Å². The molecule has 0 radical (unpaired) electrons. The van der Waals surface area contributed by atoms with Gasteiger partial charge in [0.15, 0.2) is 0 Å². The van der Waals surface area contributed by atoms with Crippen molar-refractivity contribution >= 4 is 5.91 Å². The summed E-state index contributed by atoms with van der Waals surface area (Å²) in [4.78, 5) is 21.4. The van der Waals surface area contributed by atoms with Gasteiger partial charge in [0.2, 0.25) is 0 Å². The summed E-state index contributed by atoms with van der Waals surface area (Å²) in [5.41, 5.74) is 0.723. The monoisotopic (exact) mass is 273 g/mol. The first-order valence-electron chi connectivity index (χ1n) is 7.76. The fourth-order valence-electron chi connectivity index (χ4n) is 3.78. The van der Waals surface area contributed by atoms with Crippen molar-refractivity contribution in [3.05, 3.63) is 30.1 Å². The van der Waals surface area contributed by atoms with E-state index in [0.717, 1.165) is 31.5 Å². The van der Waals surface area contributed by atoms with Gasteiger partial charge in [-0.25, -0.2) is 0 Å². The van der Waals surface area contributed by atoms with E-state index in [4.69, 9.17) is 0 Å². The third-order valence-corrected chi connectivity index (χ3v) is 4.73. The van der Waals surface area contributed by atoms with Crippen molar-refractivity contribution in [3.8, 4) is 0 Å². The number of hydrogen-bond acceptors (Lipinski definition) is 3. The molecule has 2 aliphatic rings. The number of amides is 1. The Kier molecular flexibility index (Phi) is 4.01. The number of nitrogens with zero attached hydrogens (tertiary/aromatic N) is 3. The van der Waals surface area contributed by atoms with Crippen molar-refractivity contribution in [2.45, 2.75) is 44.7 Å². The first kappa shape index (κ1) is 13.6. The van der Waals surface area contributed by atoms with Crippen molar-refractivity contribution in [2.24, 2.45) is 0 Å². The molecule has 1 aromatic heterocycles.